The third kappa shape index (κ3) is 3.90. The van der Waals surface area contributed by atoms with Crippen molar-refractivity contribution in [2.24, 2.45) is 5.73 Å². The molecule has 0 spiro atoms. The van der Waals surface area contributed by atoms with Crippen molar-refractivity contribution in [3.8, 4) is 0 Å². The molecule has 2 N–H and O–H groups in total. The van der Waals surface area contributed by atoms with Crippen LogP contribution in [0.2, 0.25) is 0 Å². The zero-order valence-electron chi connectivity index (χ0n) is 10.5. The predicted molar refractivity (Wildman–Crippen MR) is 80.9 cm³/mol. The Balaban J connectivity index is 2.07. The lowest BCUT2D eigenvalue weighted by atomic mass is 10.0. The number of benzene rings is 2. The van der Waals surface area contributed by atoms with Crippen LogP contribution in [0.4, 0.5) is 0 Å². The second-order valence-electron chi connectivity index (χ2n) is 4.27. The van der Waals surface area contributed by atoms with Crippen molar-refractivity contribution in [2.45, 2.75) is 12.2 Å². The van der Waals surface area contributed by atoms with Gasteiger partial charge in [-0.15, -0.1) is 0 Å². The van der Waals surface area contributed by atoms with Gasteiger partial charge in [-0.1, -0.05) is 54.6 Å². The average Bonchev–Trinajstić information content (AvgIpc) is 2.42. The Labute approximate surface area is 113 Å². The largest absolute Gasteiger partial charge is 0.330 e. The van der Waals surface area contributed by atoms with Crippen LogP contribution in [0.5, 0.6) is 0 Å². The van der Waals surface area contributed by atoms with Gasteiger partial charge in [0.2, 0.25) is 0 Å². The number of thioether (sulfide) groups is 1. The molecule has 1 nitrogen and oxygen atoms in total. The van der Waals surface area contributed by atoms with Crippen molar-refractivity contribution in [1.29, 1.82) is 0 Å². The van der Waals surface area contributed by atoms with Gasteiger partial charge in [-0.3, -0.25) is 0 Å². The molecule has 0 saturated carbocycles. The van der Waals surface area contributed by atoms with Gasteiger partial charge in [0.05, 0.1) is 0 Å². The standard InChI is InChI=1S/C16H19NS/c17-10-11-18-13-16-9-5-4-8-15(16)12-14-6-2-1-3-7-14/h1-9H,10-13,17H2. The van der Waals surface area contributed by atoms with Gasteiger partial charge in [0.15, 0.2) is 0 Å². The molecule has 0 saturated heterocycles. The van der Waals surface area contributed by atoms with Crippen LogP contribution in [0, 0.1) is 0 Å². The molecule has 0 unspecified atom stereocenters. The number of nitrogens with two attached hydrogens (primary N) is 1. The normalized spacial score (nSPS) is 10.5. The highest BCUT2D eigenvalue weighted by Gasteiger charge is 2.02. The maximum absolute atomic E-state index is 5.53. The minimum atomic E-state index is 0.755. The van der Waals surface area contributed by atoms with Crippen LogP contribution in [0.1, 0.15) is 16.7 Å². The van der Waals surface area contributed by atoms with Crippen LogP contribution >= 0.6 is 11.8 Å². The molecule has 94 valence electrons. The molecule has 0 aliphatic heterocycles. The van der Waals surface area contributed by atoms with Crippen molar-refractivity contribution in [3.63, 3.8) is 0 Å². The fourth-order valence-electron chi connectivity index (χ4n) is 1.95. The fourth-order valence-corrected chi connectivity index (χ4v) is 2.76. The van der Waals surface area contributed by atoms with E-state index in [0.717, 1.165) is 24.5 Å². The molecule has 0 atom stereocenters. The molecule has 0 radical (unpaired) electrons. The van der Waals surface area contributed by atoms with Gasteiger partial charge < -0.3 is 5.73 Å². The lowest BCUT2D eigenvalue weighted by Crippen LogP contribution is -2.02. The van der Waals surface area contributed by atoms with E-state index in [1.54, 1.807) is 0 Å². The first-order valence-electron chi connectivity index (χ1n) is 6.28. The zero-order valence-corrected chi connectivity index (χ0v) is 11.3. The number of rotatable bonds is 6. The van der Waals surface area contributed by atoms with Crippen molar-refractivity contribution in [2.75, 3.05) is 12.3 Å². The van der Waals surface area contributed by atoms with Gasteiger partial charge in [0.1, 0.15) is 0 Å². The molecule has 0 aliphatic rings. The lowest BCUT2D eigenvalue weighted by molar-refractivity contribution is 1.13. The first-order valence-corrected chi connectivity index (χ1v) is 7.44. The zero-order chi connectivity index (χ0) is 12.6. The maximum Gasteiger partial charge on any atom is 0.0187 e. The summed E-state index contributed by atoms with van der Waals surface area (Å²) in [5.74, 6) is 2.08. The highest BCUT2D eigenvalue weighted by Crippen LogP contribution is 2.19. The van der Waals surface area contributed by atoms with E-state index in [1.807, 2.05) is 11.8 Å². The van der Waals surface area contributed by atoms with Crippen LogP contribution in [0.25, 0.3) is 0 Å². The Bertz CT molecular complexity index is 468. The Morgan fingerprint density at radius 1 is 0.833 bits per heavy atom. The third-order valence-electron chi connectivity index (χ3n) is 2.88. The van der Waals surface area contributed by atoms with Crippen LogP contribution < -0.4 is 5.73 Å². The second kappa shape index (κ2) is 7.24. The third-order valence-corrected chi connectivity index (χ3v) is 3.92. The van der Waals surface area contributed by atoms with Gasteiger partial charge >= 0.3 is 0 Å². The van der Waals surface area contributed by atoms with E-state index in [2.05, 4.69) is 54.6 Å². The molecule has 0 bridgehead atoms. The molecule has 2 aromatic rings. The summed E-state index contributed by atoms with van der Waals surface area (Å²) in [6.45, 7) is 0.755. The molecule has 0 aliphatic carbocycles. The Kier molecular flexibility index (Phi) is 5.31. The van der Waals surface area contributed by atoms with Crippen molar-refractivity contribution in [3.05, 3.63) is 71.3 Å². The van der Waals surface area contributed by atoms with Crippen LogP contribution in [0.3, 0.4) is 0 Å². The van der Waals surface area contributed by atoms with E-state index in [-0.39, 0.29) is 0 Å². The molecular weight excluding hydrogens is 238 g/mol. The summed E-state index contributed by atoms with van der Waals surface area (Å²) in [5.41, 5.74) is 9.76. The minimum absolute atomic E-state index is 0.755. The van der Waals surface area contributed by atoms with E-state index in [9.17, 15) is 0 Å². The first kappa shape index (κ1) is 13.2. The quantitative estimate of drug-likeness (QED) is 0.802. The summed E-state index contributed by atoms with van der Waals surface area (Å²) in [7, 11) is 0. The van der Waals surface area contributed by atoms with Gasteiger partial charge in [-0.2, -0.15) is 11.8 Å². The molecule has 2 heteroatoms. The van der Waals surface area contributed by atoms with Crippen molar-refractivity contribution in [1.82, 2.24) is 0 Å². The van der Waals surface area contributed by atoms with E-state index < -0.39 is 0 Å². The summed E-state index contributed by atoms with van der Waals surface area (Å²) < 4.78 is 0. The summed E-state index contributed by atoms with van der Waals surface area (Å²) in [5, 5.41) is 0. The van der Waals surface area contributed by atoms with Gasteiger partial charge in [-0.25, -0.2) is 0 Å². The molecule has 0 aromatic heterocycles. The van der Waals surface area contributed by atoms with Crippen LogP contribution in [-0.4, -0.2) is 12.3 Å². The van der Waals surface area contributed by atoms with E-state index in [4.69, 9.17) is 5.73 Å². The summed E-state index contributed by atoms with van der Waals surface area (Å²) in [4.78, 5) is 0. The van der Waals surface area contributed by atoms with Crippen LogP contribution in [-0.2, 0) is 12.2 Å². The second-order valence-corrected chi connectivity index (χ2v) is 5.38. The molecule has 2 aromatic carbocycles. The Hall–Kier alpha value is -1.25. The number of hydrogen-bond donors (Lipinski definition) is 1. The topological polar surface area (TPSA) is 26.0 Å². The average molecular weight is 257 g/mol. The van der Waals surface area contributed by atoms with Gasteiger partial charge in [0.25, 0.3) is 0 Å². The highest BCUT2D eigenvalue weighted by molar-refractivity contribution is 7.98. The Morgan fingerprint density at radius 2 is 1.50 bits per heavy atom. The smallest absolute Gasteiger partial charge is 0.0187 e. The molecule has 2 rings (SSSR count). The molecule has 0 amide bonds. The molecule has 0 fully saturated rings. The van der Waals surface area contributed by atoms with E-state index in [0.29, 0.717) is 0 Å². The molecule has 18 heavy (non-hydrogen) atoms. The summed E-state index contributed by atoms with van der Waals surface area (Å²) in [6, 6.07) is 19.3. The van der Waals surface area contributed by atoms with Crippen molar-refractivity contribution >= 4 is 11.8 Å². The summed E-state index contributed by atoms with van der Waals surface area (Å²) in [6.07, 6.45) is 1.01. The van der Waals surface area contributed by atoms with Gasteiger partial charge in [0, 0.05) is 18.1 Å². The molecular formula is C16H19NS. The SMILES string of the molecule is NCCSCc1ccccc1Cc1ccccc1. The van der Waals surface area contributed by atoms with Crippen LogP contribution in [0.15, 0.2) is 54.6 Å². The molecule has 0 heterocycles. The lowest BCUT2D eigenvalue weighted by Gasteiger charge is -2.09. The fraction of sp³-hybridized carbons (Fsp3) is 0.250. The van der Waals surface area contributed by atoms with E-state index in [1.165, 1.54) is 16.7 Å². The first-order chi connectivity index (χ1) is 8.90. The maximum atomic E-state index is 5.53. The number of hydrogen-bond acceptors (Lipinski definition) is 2. The van der Waals surface area contributed by atoms with Crippen molar-refractivity contribution < 1.29 is 0 Å². The van der Waals surface area contributed by atoms with E-state index >= 15 is 0 Å². The minimum Gasteiger partial charge on any atom is -0.330 e. The monoisotopic (exact) mass is 257 g/mol. The van der Waals surface area contributed by atoms with Gasteiger partial charge in [-0.05, 0) is 23.1 Å². The Morgan fingerprint density at radius 3 is 2.22 bits per heavy atom. The summed E-state index contributed by atoms with van der Waals surface area (Å²) >= 11 is 1.91. The predicted octanol–water partition coefficient (Wildman–Crippen LogP) is 3.47. The highest BCUT2D eigenvalue weighted by atomic mass is 32.2.